The molecule has 0 aliphatic carbocycles. The number of nitrogens with zero attached hydrogens (tertiary/aromatic N) is 2. The Balaban J connectivity index is 1.78. The van der Waals surface area contributed by atoms with Crippen LogP contribution in [0.4, 0.5) is 5.69 Å². The molecule has 0 aromatic heterocycles. The van der Waals surface area contributed by atoms with E-state index in [1.807, 2.05) is 12.1 Å². The van der Waals surface area contributed by atoms with Gasteiger partial charge in [0.05, 0.1) is 4.90 Å². The summed E-state index contributed by atoms with van der Waals surface area (Å²) in [7, 11) is -1.39. The van der Waals surface area contributed by atoms with Gasteiger partial charge in [0.1, 0.15) is 0 Å². The van der Waals surface area contributed by atoms with Gasteiger partial charge in [-0.05, 0) is 49.6 Å². The quantitative estimate of drug-likeness (QED) is 0.486. The van der Waals surface area contributed by atoms with E-state index in [4.69, 9.17) is 0 Å². The minimum Gasteiger partial charge on any atom is -0.370 e. The first-order valence-corrected chi connectivity index (χ1v) is 11.8. The zero-order valence-electron chi connectivity index (χ0n) is 17.8. The monoisotopic (exact) mass is 416 g/mol. The van der Waals surface area contributed by atoms with E-state index in [-0.39, 0.29) is 0 Å². The largest absolute Gasteiger partial charge is 0.370 e. The lowest BCUT2D eigenvalue weighted by Gasteiger charge is -2.25. The summed E-state index contributed by atoms with van der Waals surface area (Å²) in [6.45, 7) is 7.62. The van der Waals surface area contributed by atoms with E-state index < -0.39 is 9.84 Å². The Bertz CT molecular complexity index is 909. The van der Waals surface area contributed by atoms with E-state index >= 15 is 0 Å². The van der Waals surface area contributed by atoms with Crippen LogP contribution in [0.25, 0.3) is 0 Å². The summed E-state index contributed by atoms with van der Waals surface area (Å²) in [4.78, 5) is 6.97. The van der Waals surface area contributed by atoms with E-state index in [1.165, 1.54) is 17.5 Å². The molecule has 2 aromatic carbocycles. The van der Waals surface area contributed by atoms with E-state index in [1.54, 1.807) is 19.2 Å². The van der Waals surface area contributed by atoms with Crippen LogP contribution in [0.3, 0.4) is 0 Å². The average molecular weight is 417 g/mol. The Morgan fingerprint density at radius 2 is 1.69 bits per heavy atom. The lowest BCUT2D eigenvalue weighted by Crippen LogP contribution is -2.42. The summed E-state index contributed by atoms with van der Waals surface area (Å²) in [5.74, 6) is 0.763. The first kappa shape index (κ1) is 22.7. The maximum atomic E-state index is 11.5. The third-order valence-corrected chi connectivity index (χ3v) is 5.92. The van der Waals surface area contributed by atoms with Crippen molar-refractivity contribution in [2.45, 2.75) is 25.2 Å². The first-order chi connectivity index (χ1) is 13.8. The van der Waals surface area contributed by atoms with E-state index in [9.17, 15) is 8.42 Å². The molecule has 0 atom stereocenters. The molecule has 7 heteroatoms. The molecule has 0 bridgehead atoms. The van der Waals surface area contributed by atoms with Crippen LogP contribution in [0, 0.1) is 6.92 Å². The van der Waals surface area contributed by atoms with Gasteiger partial charge < -0.3 is 15.5 Å². The van der Waals surface area contributed by atoms with Gasteiger partial charge in [0.25, 0.3) is 0 Å². The number of guanidine groups is 1. The molecule has 158 valence electrons. The number of likely N-dealkylation sites (N-methyl/N-ethyl adjacent to an activating group) is 1. The molecule has 2 rings (SSSR count). The fourth-order valence-corrected chi connectivity index (χ4v) is 3.76. The molecule has 0 aliphatic heterocycles. The van der Waals surface area contributed by atoms with Gasteiger partial charge in [0.15, 0.2) is 15.8 Å². The van der Waals surface area contributed by atoms with Crippen molar-refractivity contribution in [3.05, 3.63) is 59.7 Å². The molecular weight excluding hydrogens is 384 g/mol. The molecule has 2 N–H and O–H groups in total. The van der Waals surface area contributed by atoms with Gasteiger partial charge >= 0.3 is 0 Å². The number of benzene rings is 2. The van der Waals surface area contributed by atoms with E-state index in [0.717, 1.165) is 37.6 Å². The van der Waals surface area contributed by atoms with Crippen molar-refractivity contribution in [3.8, 4) is 0 Å². The summed E-state index contributed by atoms with van der Waals surface area (Å²) in [6, 6.07) is 15.4. The van der Waals surface area contributed by atoms with E-state index in [2.05, 4.69) is 58.6 Å². The molecule has 0 heterocycles. The highest BCUT2D eigenvalue weighted by Crippen LogP contribution is 2.18. The normalized spacial score (nSPS) is 11.9. The number of hydrogen-bond acceptors (Lipinski definition) is 4. The highest BCUT2D eigenvalue weighted by molar-refractivity contribution is 7.90. The SMILES string of the molecule is CCN(CCNC(=NC)NCCc1ccc(S(C)(=O)=O)cc1)c1ccccc1C. The van der Waals surface area contributed by atoms with Crippen molar-refractivity contribution in [1.82, 2.24) is 10.6 Å². The fourth-order valence-electron chi connectivity index (χ4n) is 3.13. The van der Waals surface area contributed by atoms with Crippen LogP contribution in [0.1, 0.15) is 18.1 Å². The van der Waals surface area contributed by atoms with Crippen LogP contribution < -0.4 is 15.5 Å². The maximum absolute atomic E-state index is 11.5. The first-order valence-electron chi connectivity index (χ1n) is 9.89. The molecule has 2 aromatic rings. The third-order valence-electron chi connectivity index (χ3n) is 4.79. The number of hydrogen-bond donors (Lipinski definition) is 2. The molecule has 29 heavy (non-hydrogen) atoms. The fraction of sp³-hybridized carbons (Fsp3) is 0.409. The lowest BCUT2D eigenvalue weighted by molar-refractivity contribution is 0.602. The van der Waals surface area contributed by atoms with Crippen LogP contribution in [-0.2, 0) is 16.3 Å². The Morgan fingerprint density at radius 3 is 2.28 bits per heavy atom. The van der Waals surface area contributed by atoms with E-state index in [0.29, 0.717) is 11.4 Å². The van der Waals surface area contributed by atoms with Crippen molar-refractivity contribution in [2.24, 2.45) is 4.99 Å². The summed E-state index contributed by atoms with van der Waals surface area (Å²) in [6.07, 6.45) is 2.01. The molecule has 0 saturated heterocycles. The predicted octanol–water partition coefficient (Wildman–Crippen LogP) is 2.63. The van der Waals surface area contributed by atoms with Gasteiger partial charge in [0, 0.05) is 45.2 Å². The molecule has 0 unspecified atom stereocenters. The zero-order chi connectivity index (χ0) is 21.3. The Labute approximate surface area is 175 Å². The van der Waals surface area contributed by atoms with Crippen LogP contribution in [0.5, 0.6) is 0 Å². The molecule has 0 radical (unpaired) electrons. The van der Waals surface area contributed by atoms with Gasteiger partial charge in [-0.2, -0.15) is 0 Å². The highest BCUT2D eigenvalue weighted by atomic mass is 32.2. The van der Waals surface area contributed by atoms with Crippen LogP contribution >= 0.6 is 0 Å². The number of nitrogens with one attached hydrogen (secondary N) is 2. The van der Waals surface area contributed by atoms with Gasteiger partial charge in [-0.1, -0.05) is 30.3 Å². The Kier molecular flexibility index (Phi) is 8.51. The minimum atomic E-state index is -3.15. The summed E-state index contributed by atoms with van der Waals surface area (Å²) < 4.78 is 23.1. The molecule has 0 spiro atoms. The van der Waals surface area contributed by atoms with Crippen molar-refractivity contribution >= 4 is 21.5 Å². The minimum absolute atomic E-state index is 0.348. The molecule has 6 nitrogen and oxygen atoms in total. The van der Waals surface area contributed by atoms with Crippen LogP contribution in [0.15, 0.2) is 58.4 Å². The smallest absolute Gasteiger partial charge is 0.191 e. The Morgan fingerprint density at radius 1 is 1.03 bits per heavy atom. The van der Waals surface area contributed by atoms with Gasteiger partial charge in [-0.25, -0.2) is 8.42 Å². The van der Waals surface area contributed by atoms with Crippen LogP contribution in [0.2, 0.25) is 0 Å². The molecule has 0 amide bonds. The van der Waals surface area contributed by atoms with Gasteiger partial charge in [-0.15, -0.1) is 0 Å². The standard InChI is InChI=1S/C22H32N4O2S/c1-5-26(21-9-7-6-8-18(21)2)17-16-25-22(23-3)24-15-14-19-10-12-20(13-11-19)29(4,27)28/h6-13H,5,14-17H2,1-4H3,(H2,23,24,25). The molecule has 0 fully saturated rings. The third kappa shape index (κ3) is 7.09. The Hall–Kier alpha value is -2.54. The van der Waals surface area contributed by atoms with Gasteiger partial charge in [-0.3, -0.25) is 4.99 Å². The number of sulfone groups is 1. The number of para-hydroxylation sites is 1. The number of anilines is 1. The highest BCUT2D eigenvalue weighted by Gasteiger charge is 2.08. The van der Waals surface area contributed by atoms with Crippen molar-refractivity contribution < 1.29 is 8.42 Å². The average Bonchev–Trinajstić information content (AvgIpc) is 2.70. The molecular formula is C22H32N4O2S. The molecule has 0 aliphatic rings. The maximum Gasteiger partial charge on any atom is 0.191 e. The zero-order valence-corrected chi connectivity index (χ0v) is 18.6. The van der Waals surface area contributed by atoms with Crippen molar-refractivity contribution in [2.75, 3.05) is 44.4 Å². The number of rotatable bonds is 9. The van der Waals surface area contributed by atoms with Gasteiger partial charge in [0.2, 0.25) is 0 Å². The van der Waals surface area contributed by atoms with Crippen LogP contribution in [-0.4, -0.2) is 53.9 Å². The predicted molar refractivity (Wildman–Crippen MR) is 122 cm³/mol. The topological polar surface area (TPSA) is 73.8 Å². The second-order valence-corrected chi connectivity index (χ2v) is 8.97. The van der Waals surface area contributed by atoms with Crippen molar-refractivity contribution in [3.63, 3.8) is 0 Å². The second kappa shape index (κ2) is 10.9. The number of aryl methyl sites for hydroxylation is 1. The second-order valence-electron chi connectivity index (χ2n) is 6.96. The molecule has 0 saturated carbocycles. The van der Waals surface area contributed by atoms with Crippen molar-refractivity contribution in [1.29, 1.82) is 0 Å². The lowest BCUT2D eigenvalue weighted by atomic mass is 10.1. The summed E-state index contributed by atoms with van der Waals surface area (Å²) in [5, 5.41) is 6.66. The number of aliphatic imine (C=N–C) groups is 1. The summed E-state index contributed by atoms with van der Waals surface area (Å²) in [5.41, 5.74) is 3.62. The summed E-state index contributed by atoms with van der Waals surface area (Å²) >= 11 is 0.